The van der Waals surface area contributed by atoms with E-state index in [0.29, 0.717) is 12.1 Å². The van der Waals surface area contributed by atoms with Crippen LogP contribution in [0.3, 0.4) is 0 Å². The highest BCUT2D eigenvalue weighted by Crippen LogP contribution is 2.13. The summed E-state index contributed by atoms with van der Waals surface area (Å²) < 4.78 is 26.4. The lowest BCUT2D eigenvalue weighted by molar-refractivity contribution is -0.123. The van der Waals surface area contributed by atoms with Crippen LogP contribution in [0.15, 0.2) is 42.5 Å². The largest absolute Gasteiger partial charge is 0.351 e. The van der Waals surface area contributed by atoms with E-state index >= 15 is 0 Å². The zero-order valence-corrected chi connectivity index (χ0v) is 16.1. The molecule has 2 N–H and O–H groups in total. The average Bonchev–Trinajstić information content (AvgIpc) is 2.61. The van der Waals surface area contributed by atoms with Crippen LogP contribution in [-0.2, 0) is 16.1 Å². The Morgan fingerprint density at radius 3 is 2.29 bits per heavy atom. The van der Waals surface area contributed by atoms with Gasteiger partial charge in [0.1, 0.15) is 11.6 Å². The Hall–Kier alpha value is -2.80. The van der Waals surface area contributed by atoms with Gasteiger partial charge in [-0.05, 0) is 49.2 Å². The molecule has 0 aromatic heterocycles. The normalized spacial score (nSPS) is 10.8. The predicted octanol–water partition coefficient (Wildman–Crippen LogP) is 3.24. The minimum absolute atomic E-state index is 0.0168. The Kier molecular flexibility index (Phi) is 8.07. The second kappa shape index (κ2) is 10.5. The van der Waals surface area contributed by atoms with E-state index in [2.05, 4.69) is 10.6 Å². The lowest BCUT2D eigenvalue weighted by atomic mass is 10.2. The van der Waals surface area contributed by atoms with Gasteiger partial charge in [-0.25, -0.2) is 8.78 Å². The quantitative estimate of drug-likeness (QED) is 0.692. The van der Waals surface area contributed by atoms with E-state index in [4.69, 9.17) is 0 Å². The van der Waals surface area contributed by atoms with Crippen LogP contribution in [0, 0.1) is 18.6 Å². The minimum atomic E-state index is -0.690. The Labute approximate surface area is 163 Å². The molecule has 0 spiro atoms. The molecule has 0 radical (unpaired) electrons. The first kappa shape index (κ1) is 21.5. The molecule has 0 aliphatic heterocycles. The third-order valence-corrected chi connectivity index (χ3v) is 4.11. The molecule has 0 saturated heterocycles. The molecule has 0 fully saturated rings. The number of hydrogen-bond donors (Lipinski definition) is 2. The summed E-state index contributed by atoms with van der Waals surface area (Å²) in [6.45, 7) is 4.55. The summed E-state index contributed by atoms with van der Waals surface area (Å²) in [5.74, 6) is -1.90. The van der Waals surface area contributed by atoms with Crippen molar-refractivity contribution in [3.63, 3.8) is 0 Å². The van der Waals surface area contributed by atoms with Crippen molar-refractivity contribution in [2.75, 3.05) is 25.0 Å². The van der Waals surface area contributed by atoms with Crippen LogP contribution < -0.4 is 10.6 Å². The van der Waals surface area contributed by atoms with E-state index in [-0.39, 0.29) is 31.4 Å². The van der Waals surface area contributed by atoms with Crippen LogP contribution in [0.5, 0.6) is 0 Å². The van der Waals surface area contributed by atoms with Crippen molar-refractivity contribution in [1.29, 1.82) is 0 Å². The highest BCUT2D eigenvalue weighted by molar-refractivity contribution is 5.93. The zero-order valence-electron chi connectivity index (χ0n) is 16.1. The smallest absolute Gasteiger partial charge is 0.238 e. The molecule has 150 valence electrons. The molecular weight excluding hydrogens is 364 g/mol. The molecule has 2 rings (SSSR count). The first-order chi connectivity index (χ1) is 13.4. The molecule has 0 aliphatic carbocycles. The third kappa shape index (κ3) is 7.08. The Bertz CT molecular complexity index is 807. The van der Waals surface area contributed by atoms with Crippen LogP contribution in [0.4, 0.5) is 14.5 Å². The van der Waals surface area contributed by atoms with Gasteiger partial charge in [0.15, 0.2) is 0 Å². The van der Waals surface area contributed by atoms with E-state index in [9.17, 15) is 18.4 Å². The van der Waals surface area contributed by atoms with E-state index in [1.807, 2.05) is 38.1 Å². The SMILES string of the molecule is CCCN(CC(=O)NCc1cc(F)cc(F)c1)CC(=O)Nc1ccccc1C. The number of hydrogen-bond acceptors (Lipinski definition) is 3. The van der Waals surface area contributed by atoms with E-state index < -0.39 is 11.6 Å². The van der Waals surface area contributed by atoms with Crippen LogP contribution in [0.25, 0.3) is 0 Å². The topological polar surface area (TPSA) is 61.4 Å². The molecule has 0 saturated carbocycles. The Balaban J connectivity index is 1.87. The lowest BCUT2D eigenvalue weighted by Gasteiger charge is -2.21. The van der Waals surface area contributed by atoms with Gasteiger partial charge in [0.2, 0.25) is 11.8 Å². The first-order valence-electron chi connectivity index (χ1n) is 9.17. The van der Waals surface area contributed by atoms with Gasteiger partial charge in [0.25, 0.3) is 0 Å². The van der Waals surface area contributed by atoms with E-state index in [1.54, 1.807) is 4.90 Å². The maximum absolute atomic E-state index is 13.2. The number of amides is 2. The minimum Gasteiger partial charge on any atom is -0.351 e. The summed E-state index contributed by atoms with van der Waals surface area (Å²) in [6.07, 6.45) is 0.778. The summed E-state index contributed by atoms with van der Waals surface area (Å²) >= 11 is 0. The molecule has 0 heterocycles. The predicted molar refractivity (Wildman–Crippen MR) is 105 cm³/mol. The zero-order chi connectivity index (χ0) is 20.5. The number of carbonyl (C=O) groups excluding carboxylic acids is 2. The molecule has 7 heteroatoms. The monoisotopic (exact) mass is 389 g/mol. The summed E-state index contributed by atoms with van der Waals surface area (Å²) in [4.78, 5) is 26.2. The molecule has 0 bridgehead atoms. The number of rotatable bonds is 9. The van der Waals surface area contributed by atoms with Gasteiger partial charge in [-0.15, -0.1) is 0 Å². The number of benzene rings is 2. The molecule has 2 amide bonds. The molecule has 0 atom stereocenters. The van der Waals surface area contributed by atoms with Crippen LogP contribution in [0.2, 0.25) is 0 Å². The maximum Gasteiger partial charge on any atom is 0.238 e. The number of nitrogens with one attached hydrogen (secondary N) is 2. The number of para-hydroxylation sites is 1. The van der Waals surface area contributed by atoms with Gasteiger partial charge >= 0.3 is 0 Å². The third-order valence-electron chi connectivity index (χ3n) is 4.11. The highest BCUT2D eigenvalue weighted by atomic mass is 19.1. The van der Waals surface area contributed by atoms with Crippen molar-refractivity contribution in [3.8, 4) is 0 Å². The summed E-state index contributed by atoms with van der Waals surface area (Å²) in [5.41, 5.74) is 2.03. The Morgan fingerprint density at radius 1 is 1.00 bits per heavy atom. The lowest BCUT2D eigenvalue weighted by Crippen LogP contribution is -2.41. The van der Waals surface area contributed by atoms with Gasteiger partial charge in [0, 0.05) is 18.3 Å². The number of anilines is 1. The maximum atomic E-state index is 13.2. The fourth-order valence-corrected chi connectivity index (χ4v) is 2.81. The molecule has 28 heavy (non-hydrogen) atoms. The van der Waals surface area contributed by atoms with Gasteiger partial charge < -0.3 is 10.6 Å². The number of nitrogens with zero attached hydrogens (tertiary/aromatic N) is 1. The molecule has 2 aromatic carbocycles. The molecule has 0 unspecified atom stereocenters. The van der Waals surface area contributed by atoms with Crippen molar-refractivity contribution in [2.45, 2.75) is 26.8 Å². The number of aryl methyl sites for hydroxylation is 1. The van der Waals surface area contributed by atoms with Gasteiger partial charge in [0.05, 0.1) is 13.1 Å². The van der Waals surface area contributed by atoms with E-state index in [1.165, 1.54) is 12.1 Å². The van der Waals surface area contributed by atoms with E-state index in [0.717, 1.165) is 23.7 Å². The van der Waals surface area contributed by atoms with Gasteiger partial charge in [-0.1, -0.05) is 25.1 Å². The fourth-order valence-electron chi connectivity index (χ4n) is 2.81. The summed E-state index contributed by atoms with van der Waals surface area (Å²) in [5, 5.41) is 5.48. The van der Waals surface area contributed by atoms with Crippen molar-refractivity contribution in [3.05, 3.63) is 65.2 Å². The standard InChI is InChI=1S/C21H25F2N3O2/c1-3-8-26(14-21(28)25-19-7-5-4-6-15(19)2)13-20(27)24-12-16-9-17(22)11-18(23)10-16/h4-7,9-11H,3,8,12-14H2,1-2H3,(H,24,27)(H,25,28). The van der Waals surface area contributed by atoms with Crippen LogP contribution in [0.1, 0.15) is 24.5 Å². The van der Waals surface area contributed by atoms with Crippen molar-refractivity contribution >= 4 is 17.5 Å². The molecule has 5 nitrogen and oxygen atoms in total. The van der Waals surface area contributed by atoms with Crippen molar-refractivity contribution in [1.82, 2.24) is 10.2 Å². The van der Waals surface area contributed by atoms with Crippen molar-refractivity contribution < 1.29 is 18.4 Å². The fraction of sp³-hybridized carbons (Fsp3) is 0.333. The van der Waals surface area contributed by atoms with Crippen LogP contribution >= 0.6 is 0 Å². The highest BCUT2D eigenvalue weighted by Gasteiger charge is 2.15. The Morgan fingerprint density at radius 2 is 1.64 bits per heavy atom. The van der Waals surface area contributed by atoms with Crippen LogP contribution in [-0.4, -0.2) is 36.3 Å². The number of carbonyl (C=O) groups is 2. The average molecular weight is 389 g/mol. The second-order valence-electron chi connectivity index (χ2n) is 6.63. The summed E-state index contributed by atoms with van der Waals surface area (Å²) in [7, 11) is 0. The molecule has 0 aliphatic rings. The molecular formula is C21H25F2N3O2. The summed E-state index contributed by atoms with van der Waals surface area (Å²) in [6, 6.07) is 10.6. The number of halogens is 2. The second-order valence-corrected chi connectivity index (χ2v) is 6.63. The van der Waals surface area contributed by atoms with Crippen molar-refractivity contribution in [2.24, 2.45) is 0 Å². The molecule has 2 aromatic rings. The van der Waals surface area contributed by atoms with Gasteiger partial charge in [-0.3, -0.25) is 14.5 Å². The first-order valence-corrected chi connectivity index (χ1v) is 9.17. The van der Waals surface area contributed by atoms with Gasteiger partial charge in [-0.2, -0.15) is 0 Å².